The summed E-state index contributed by atoms with van der Waals surface area (Å²) >= 11 is 1.76. The van der Waals surface area contributed by atoms with Crippen LogP contribution in [0, 0.1) is 0 Å². The number of hydrogen-bond acceptors (Lipinski definition) is 5. The zero-order valence-electron chi connectivity index (χ0n) is 11.5. The second-order valence-electron chi connectivity index (χ2n) is 5.35. The number of ether oxygens (including phenoxy) is 2. The van der Waals surface area contributed by atoms with Crippen molar-refractivity contribution in [2.75, 3.05) is 19.8 Å². The Morgan fingerprint density at radius 1 is 1.42 bits per heavy atom. The van der Waals surface area contributed by atoms with Crippen LogP contribution in [0.3, 0.4) is 0 Å². The van der Waals surface area contributed by atoms with Crippen molar-refractivity contribution in [3.8, 4) is 0 Å². The molecule has 0 radical (unpaired) electrons. The third-order valence-corrected chi connectivity index (χ3v) is 5.27. The zero-order valence-corrected chi connectivity index (χ0v) is 12.3. The fraction of sp³-hybridized carbons (Fsp3) is 0.786. The number of aromatic nitrogens is 1. The van der Waals surface area contributed by atoms with Crippen LogP contribution in [0.2, 0.25) is 0 Å². The van der Waals surface area contributed by atoms with Gasteiger partial charge in [-0.15, -0.1) is 11.3 Å². The van der Waals surface area contributed by atoms with Gasteiger partial charge >= 0.3 is 0 Å². The molecule has 0 unspecified atom stereocenters. The van der Waals surface area contributed by atoms with Crippen LogP contribution in [0.5, 0.6) is 0 Å². The molecular weight excluding hydrogens is 260 g/mol. The van der Waals surface area contributed by atoms with E-state index in [-0.39, 0.29) is 5.60 Å². The molecule has 0 bridgehead atoms. The lowest BCUT2D eigenvalue weighted by atomic mass is 9.94. The normalized spacial score (nSPS) is 22.6. The molecule has 2 N–H and O–H groups in total. The van der Waals surface area contributed by atoms with Gasteiger partial charge < -0.3 is 15.2 Å². The van der Waals surface area contributed by atoms with E-state index in [0.29, 0.717) is 12.5 Å². The summed E-state index contributed by atoms with van der Waals surface area (Å²) in [5.41, 5.74) is 6.90. The molecule has 3 rings (SSSR count). The molecule has 2 heterocycles. The van der Waals surface area contributed by atoms with Gasteiger partial charge in [0.05, 0.1) is 5.69 Å². The number of rotatable bonds is 5. The molecule has 1 aromatic rings. The summed E-state index contributed by atoms with van der Waals surface area (Å²) in [6.07, 6.45) is 4.34. The number of nitrogens with two attached hydrogens (primary N) is 1. The summed E-state index contributed by atoms with van der Waals surface area (Å²) in [6.45, 7) is 4.89. The summed E-state index contributed by atoms with van der Waals surface area (Å²) in [5, 5.41) is 1.12. The summed E-state index contributed by atoms with van der Waals surface area (Å²) in [5.74, 6) is 0.655. The Kier molecular flexibility index (Phi) is 3.89. The van der Waals surface area contributed by atoms with Crippen LogP contribution < -0.4 is 5.73 Å². The Hall–Kier alpha value is -0.490. The minimum atomic E-state index is -0.227. The number of nitrogens with zero attached hydrogens (tertiary/aromatic N) is 1. The standard InChI is InChI=1S/C14H22N2O2S/c1-2-18-14(5-7-17-8-6-14)13-16-12(10-3-4-10)11(9-15)19-13/h10H,2-9,15H2,1H3. The van der Waals surface area contributed by atoms with E-state index in [4.69, 9.17) is 20.2 Å². The smallest absolute Gasteiger partial charge is 0.125 e. The van der Waals surface area contributed by atoms with Gasteiger partial charge in [0.25, 0.3) is 0 Å². The lowest BCUT2D eigenvalue weighted by Crippen LogP contribution is -2.36. The van der Waals surface area contributed by atoms with Crippen LogP contribution in [-0.4, -0.2) is 24.8 Å². The fourth-order valence-electron chi connectivity index (χ4n) is 2.78. The molecule has 106 valence electrons. The zero-order chi connectivity index (χ0) is 13.3. The van der Waals surface area contributed by atoms with Crippen molar-refractivity contribution in [1.82, 2.24) is 4.98 Å². The van der Waals surface area contributed by atoms with Crippen molar-refractivity contribution < 1.29 is 9.47 Å². The number of thiazole rings is 1. The van der Waals surface area contributed by atoms with Crippen LogP contribution in [0.25, 0.3) is 0 Å². The fourth-order valence-corrected chi connectivity index (χ4v) is 4.00. The van der Waals surface area contributed by atoms with Crippen LogP contribution in [-0.2, 0) is 21.6 Å². The molecule has 0 amide bonds. The molecule has 1 saturated carbocycles. The van der Waals surface area contributed by atoms with E-state index in [1.807, 2.05) is 0 Å². The first-order valence-corrected chi connectivity index (χ1v) is 8.02. The molecule has 5 heteroatoms. The second-order valence-corrected chi connectivity index (χ2v) is 6.43. The average Bonchev–Trinajstić information content (AvgIpc) is 3.19. The number of hydrogen-bond donors (Lipinski definition) is 1. The van der Waals surface area contributed by atoms with Gasteiger partial charge in [-0.3, -0.25) is 0 Å². The van der Waals surface area contributed by atoms with Crippen molar-refractivity contribution in [2.24, 2.45) is 5.73 Å². The van der Waals surface area contributed by atoms with E-state index in [2.05, 4.69) is 6.92 Å². The van der Waals surface area contributed by atoms with Crippen molar-refractivity contribution in [1.29, 1.82) is 0 Å². The van der Waals surface area contributed by atoms with Crippen LogP contribution in [0.15, 0.2) is 0 Å². The van der Waals surface area contributed by atoms with Gasteiger partial charge in [0.15, 0.2) is 0 Å². The van der Waals surface area contributed by atoms with E-state index in [1.165, 1.54) is 23.4 Å². The molecule has 19 heavy (non-hydrogen) atoms. The lowest BCUT2D eigenvalue weighted by Gasteiger charge is -2.35. The first-order valence-electron chi connectivity index (χ1n) is 7.21. The topological polar surface area (TPSA) is 57.4 Å². The molecule has 1 aliphatic heterocycles. The Labute approximate surface area is 118 Å². The molecule has 1 saturated heterocycles. The molecule has 2 aliphatic rings. The Bertz CT molecular complexity index is 431. The van der Waals surface area contributed by atoms with Gasteiger partial charge in [-0.1, -0.05) is 0 Å². The summed E-state index contributed by atoms with van der Waals surface area (Å²) in [4.78, 5) is 6.17. The van der Waals surface area contributed by atoms with E-state index >= 15 is 0 Å². The van der Waals surface area contributed by atoms with E-state index < -0.39 is 0 Å². The van der Waals surface area contributed by atoms with Crippen LogP contribution >= 0.6 is 11.3 Å². The maximum atomic E-state index is 6.10. The summed E-state index contributed by atoms with van der Waals surface area (Å²) in [7, 11) is 0. The SMILES string of the molecule is CCOC1(c2nc(C3CC3)c(CN)s2)CCOCC1. The highest BCUT2D eigenvalue weighted by Crippen LogP contribution is 2.46. The third kappa shape index (κ3) is 2.57. The highest BCUT2D eigenvalue weighted by molar-refractivity contribution is 7.11. The van der Waals surface area contributed by atoms with Gasteiger partial charge in [-0.05, 0) is 19.8 Å². The lowest BCUT2D eigenvalue weighted by molar-refractivity contribution is -0.112. The van der Waals surface area contributed by atoms with Crippen LogP contribution in [0.1, 0.15) is 54.1 Å². The maximum Gasteiger partial charge on any atom is 0.125 e. The minimum Gasteiger partial charge on any atom is -0.381 e. The second kappa shape index (κ2) is 5.48. The molecule has 1 aliphatic carbocycles. The monoisotopic (exact) mass is 282 g/mol. The molecular formula is C14H22N2O2S. The Morgan fingerprint density at radius 2 is 2.16 bits per heavy atom. The van der Waals surface area contributed by atoms with Gasteiger partial charge in [-0.2, -0.15) is 0 Å². The largest absolute Gasteiger partial charge is 0.381 e. The molecule has 2 fully saturated rings. The first-order chi connectivity index (χ1) is 9.29. The summed E-state index contributed by atoms with van der Waals surface area (Å²) in [6, 6.07) is 0. The molecule has 4 nitrogen and oxygen atoms in total. The van der Waals surface area contributed by atoms with Crippen molar-refractivity contribution >= 4 is 11.3 Å². The molecule has 0 spiro atoms. The third-order valence-electron chi connectivity index (χ3n) is 3.99. The van der Waals surface area contributed by atoms with E-state index in [0.717, 1.165) is 37.7 Å². The van der Waals surface area contributed by atoms with Gasteiger partial charge in [0.2, 0.25) is 0 Å². The predicted octanol–water partition coefficient (Wildman–Crippen LogP) is 2.52. The van der Waals surface area contributed by atoms with Crippen molar-refractivity contribution in [2.45, 2.75) is 50.7 Å². The van der Waals surface area contributed by atoms with E-state index in [1.54, 1.807) is 11.3 Å². The molecule has 1 aromatic heterocycles. The minimum absolute atomic E-state index is 0.227. The van der Waals surface area contributed by atoms with Crippen LogP contribution in [0.4, 0.5) is 0 Å². The Morgan fingerprint density at radius 3 is 2.74 bits per heavy atom. The molecule has 0 aromatic carbocycles. The predicted molar refractivity (Wildman–Crippen MR) is 75.3 cm³/mol. The van der Waals surface area contributed by atoms with E-state index in [9.17, 15) is 0 Å². The first kappa shape index (κ1) is 13.5. The summed E-state index contributed by atoms with van der Waals surface area (Å²) < 4.78 is 11.6. The quantitative estimate of drug-likeness (QED) is 0.901. The molecule has 0 atom stereocenters. The highest BCUT2D eigenvalue weighted by atomic mass is 32.1. The average molecular weight is 282 g/mol. The van der Waals surface area contributed by atoms with Crippen molar-refractivity contribution in [3.05, 3.63) is 15.6 Å². The van der Waals surface area contributed by atoms with Gasteiger partial charge in [-0.25, -0.2) is 4.98 Å². The van der Waals surface area contributed by atoms with Gasteiger partial charge in [0, 0.05) is 50.0 Å². The van der Waals surface area contributed by atoms with Crippen molar-refractivity contribution in [3.63, 3.8) is 0 Å². The maximum absolute atomic E-state index is 6.10. The Balaban J connectivity index is 1.93. The highest BCUT2D eigenvalue weighted by Gasteiger charge is 2.40. The van der Waals surface area contributed by atoms with Gasteiger partial charge in [0.1, 0.15) is 10.6 Å².